The van der Waals surface area contributed by atoms with E-state index in [0.29, 0.717) is 18.3 Å². The van der Waals surface area contributed by atoms with Crippen LogP contribution in [0.25, 0.3) is 0 Å². The first-order chi connectivity index (χ1) is 11.3. The second-order valence-corrected chi connectivity index (χ2v) is 5.68. The molecule has 1 aromatic heterocycles. The van der Waals surface area contributed by atoms with Gasteiger partial charge in [-0.1, -0.05) is 18.2 Å². The quantitative estimate of drug-likeness (QED) is 0.919. The van der Waals surface area contributed by atoms with E-state index in [-0.39, 0.29) is 12.3 Å². The fraction of sp³-hybridized carbons (Fsp3) is 0.471. The third-order valence-electron chi connectivity index (χ3n) is 4.14. The Bertz CT molecular complexity index is 635. The number of aromatic nitrogens is 3. The second kappa shape index (κ2) is 7.37. The van der Waals surface area contributed by atoms with Crippen LogP contribution in [0.5, 0.6) is 0 Å². The van der Waals surface area contributed by atoms with Crippen LogP contribution in [0.4, 0.5) is 5.69 Å². The summed E-state index contributed by atoms with van der Waals surface area (Å²) in [6.07, 6.45) is 2.12. The van der Waals surface area contributed by atoms with Crippen molar-refractivity contribution in [1.82, 2.24) is 15.2 Å². The zero-order valence-corrected chi connectivity index (χ0v) is 13.4. The maximum atomic E-state index is 12.5. The molecule has 3 rings (SSSR count). The minimum atomic E-state index is 0.0216. The molecule has 6 heteroatoms. The summed E-state index contributed by atoms with van der Waals surface area (Å²) in [7, 11) is 0. The Morgan fingerprint density at radius 1 is 1.30 bits per heavy atom. The number of anilines is 1. The van der Waals surface area contributed by atoms with Gasteiger partial charge in [0.2, 0.25) is 5.91 Å². The third-order valence-corrected chi connectivity index (χ3v) is 4.14. The highest BCUT2D eigenvalue weighted by Gasteiger charge is 2.22. The molecule has 0 bridgehead atoms. The first-order valence-corrected chi connectivity index (χ1v) is 8.12. The molecule has 1 aliphatic heterocycles. The van der Waals surface area contributed by atoms with Crippen molar-refractivity contribution < 1.29 is 9.53 Å². The molecule has 6 nitrogen and oxygen atoms in total. The summed E-state index contributed by atoms with van der Waals surface area (Å²) < 4.78 is 5.36. The first kappa shape index (κ1) is 15.7. The van der Waals surface area contributed by atoms with Crippen molar-refractivity contribution in [3.8, 4) is 0 Å². The predicted molar refractivity (Wildman–Crippen MR) is 87.3 cm³/mol. The van der Waals surface area contributed by atoms with Crippen molar-refractivity contribution >= 4 is 11.6 Å². The van der Waals surface area contributed by atoms with Crippen molar-refractivity contribution in [3.63, 3.8) is 0 Å². The van der Waals surface area contributed by atoms with Crippen molar-refractivity contribution in [3.05, 3.63) is 42.0 Å². The van der Waals surface area contributed by atoms with E-state index in [4.69, 9.17) is 4.74 Å². The molecule has 0 atom stereocenters. The normalized spacial score (nSPS) is 15.5. The van der Waals surface area contributed by atoms with E-state index in [1.807, 2.05) is 37.3 Å². The van der Waals surface area contributed by atoms with Gasteiger partial charge in [0.15, 0.2) is 5.82 Å². The van der Waals surface area contributed by atoms with Crippen molar-refractivity contribution in [2.24, 2.45) is 0 Å². The lowest BCUT2D eigenvalue weighted by atomic mass is 10.00. The smallest absolute Gasteiger partial charge is 0.234 e. The number of carbonyl (C=O) groups excluding carboxylic acids is 1. The Morgan fingerprint density at radius 3 is 2.74 bits per heavy atom. The Labute approximate surface area is 135 Å². The van der Waals surface area contributed by atoms with Gasteiger partial charge in [0, 0.05) is 31.4 Å². The van der Waals surface area contributed by atoms with Crippen molar-refractivity contribution in [1.29, 1.82) is 0 Å². The van der Waals surface area contributed by atoms with Gasteiger partial charge in [0.05, 0.1) is 6.42 Å². The molecular weight excluding hydrogens is 292 g/mol. The molecule has 2 heterocycles. The van der Waals surface area contributed by atoms with E-state index in [2.05, 4.69) is 15.2 Å². The van der Waals surface area contributed by atoms with E-state index in [9.17, 15) is 4.79 Å². The lowest BCUT2D eigenvalue weighted by Crippen LogP contribution is -2.32. The first-order valence-electron chi connectivity index (χ1n) is 8.12. The van der Waals surface area contributed by atoms with E-state index in [1.54, 1.807) is 4.90 Å². The highest BCUT2D eigenvalue weighted by atomic mass is 16.5. The molecular formula is C17H22N4O2. The van der Waals surface area contributed by atoms with E-state index in [1.165, 1.54) is 0 Å². The summed E-state index contributed by atoms with van der Waals surface area (Å²) in [4.78, 5) is 18.8. The monoisotopic (exact) mass is 314 g/mol. The van der Waals surface area contributed by atoms with Crippen LogP contribution in [0.1, 0.15) is 37.3 Å². The summed E-state index contributed by atoms with van der Waals surface area (Å²) in [5.41, 5.74) is 0.907. The number of ether oxygens (including phenoxy) is 1. The predicted octanol–water partition coefficient (Wildman–Crippen LogP) is 2.29. The van der Waals surface area contributed by atoms with Gasteiger partial charge in [0.1, 0.15) is 5.82 Å². The van der Waals surface area contributed by atoms with Gasteiger partial charge >= 0.3 is 0 Å². The maximum absolute atomic E-state index is 12.5. The largest absolute Gasteiger partial charge is 0.381 e. The number of likely N-dealkylation sites (N-methyl/N-ethyl adjacent to an activating group) is 1. The number of aromatic amines is 1. The van der Waals surface area contributed by atoms with Gasteiger partial charge in [-0.05, 0) is 31.9 Å². The molecule has 2 aromatic rings. The van der Waals surface area contributed by atoms with Gasteiger partial charge in [-0.3, -0.25) is 9.89 Å². The SMILES string of the molecule is CCN(C(=O)Cc1nc(C2CCOCC2)n[nH]1)c1ccccc1. The number of hydrogen-bond donors (Lipinski definition) is 1. The second-order valence-electron chi connectivity index (χ2n) is 5.68. The van der Waals surface area contributed by atoms with Crippen LogP contribution in [-0.4, -0.2) is 40.8 Å². The minimum Gasteiger partial charge on any atom is -0.381 e. The van der Waals surface area contributed by atoms with E-state index in [0.717, 1.165) is 37.6 Å². The molecule has 1 N–H and O–H groups in total. The van der Waals surface area contributed by atoms with Crippen LogP contribution in [-0.2, 0) is 16.0 Å². The molecule has 0 unspecified atom stereocenters. The van der Waals surface area contributed by atoms with Crippen LogP contribution < -0.4 is 4.90 Å². The number of rotatable bonds is 5. The molecule has 0 spiro atoms. The van der Waals surface area contributed by atoms with Crippen molar-refractivity contribution in [2.45, 2.75) is 32.1 Å². The zero-order chi connectivity index (χ0) is 16.1. The number of nitrogens with zero attached hydrogens (tertiary/aromatic N) is 3. The number of carbonyl (C=O) groups is 1. The number of nitrogens with one attached hydrogen (secondary N) is 1. The molecule has 23 heavy (non-hydrogen) atoms. The molecule has 0 aliphatic carbocycles. The highest BCUT2D eigenvalue weighted by Crippen LogP contribution is 2.24. The summed E-state index contributed by atoms with van der Waals surface area (Å²) in [5, 5.41) is 7.20. The number of H-pyrrole nitrogens is 1. The van der Waals surface area contributed by atoms with Gasteiger partial charge in [-0.25, -0.2) is 4.98 Å². The average molecular weight is 314 g/mol. The Balaban J connectivity index is 1.66. The summed E-state index contributed by atoms with van der Waals surface area (Å²) in [6, 6.07) is 9.69. The van der Waals surface area contributed by atoms with E-state index < -0.39 is 0 Å². The summed E-state index contributed by atoms with van der Waals surface area (Å²) in [6.45, 7) is 4.11. The van der Waals surface area contributed by atoms with Crippen LogP contribution >= 0.6 is 0 Å². The summed E-state index contributed by atoms with van der Waals surface area (Å²) >= 11 is 0. The van der Waals surface area contributed by atoms with Gasteiger partial charge < -0.3 is 9.64 Å². The average Bonchev–Trinajstić information content (AvgIpc) is 3.06. The van der Waals surface area contributed by atoms with Crippen LogP contribution in [0.3, 0.4) is 0 Å². The molecule has 1 amide bonds. The molecule has 1 fully saturated rings. The highest BCUT2D eigenvalue weighted by molar-refractivity contribution is 5.94. The fourth-order valence-electron chi connectivity index (χ4n) is 2.88. The van der Waals surface area contributed by atoms with Crippen LogP contribution in [0.15, 0.2) is 30.3 Å². The van der Waals surface area contributed by atoms with Gasteiger partial charge in [-0.15, -0.1) is 0 Å². The lowest BCUT2D eigenvalue weighted by Gasteiger charge is -2.20. The molecule has 1 aromatic carbocycles. The number of benzene rings is 1. The third kappa shape index (κ3) is 3.76. The fourth-order valence-corrected chi connectivity index (χ4v) is 2.88. The standard InChI is InChI=1S/C17H22N4O2/c1-2-21(14-6-4-3-5-7-14)16(22)12-15-18-17(20-19-15)13-8-10-23-11-9-13/h3-7,13H,2,8-12H2,1H3,(H,18,19,20). The zero-order valence-electron chi connectivity index (χ0n) is 13.4. The van der Waals surface area contributed by atoms with Crippen molar-refractivity contribution in [2.75, 3.05) is 24.7 Å². The summed E-state index contributed by atoms with van der Waals surface area (Å²) in [5.74, 6) is 1.79. The Kier molecular flexibility index (Phi) is 5.02. The molecule has 0 radical (unpaired) electrons. The Morgan fingerprint density at radius 2 is 2.04 bits per heavy atom. The molecule has 1 saturated heterocycles. The number of amides is 1. The van der Waals surface area contributed by atoms with Gasteiger partial charge in [-0.2, -0.15) is 5.10 Å². The lowest BCUT2D eigenvalue weighted by molar-refractivity contribution is -0.118. The molecule has 122 valence electrons. The van der Waals surface area contributed by atoms with Gasteiger partial charge in [0.25, 0.3) is 0 Å². The van der Waals surface area contributed by atoms with Crippen LogP contribution in [0, 0.1) is 0 Å². The number of para-hydroxylation sites is 1. The number of hydrogen-bond acceptors (Lipinski definition) is 4. The van der Waals surface area contributed by atoms with Crippen LogP contribution in [0.2, 0.25) is 0 Å². The topological polar surface area (TPSA) is 71.1 Å². The maximum Gasteiger partial charge on any atom is 0.234 e. The molecule has 1 aliphatic rings. The molecule has 0 saturated carbocycles. The Hall–Kier alpha value is -2.21. The minimum absolute atomic E-state index is 0.0216. The van der Waals surface area contributed by atoms with E-state index >= 15 is 0 Å².